The number of hydrogen-bond donors (Lipinski definition) is 1. The highest BCUT2D eigenvalue weighted by atomic mass is 16.5. The predicted octanol–water partition coefficient (Wildman–Crippen LogP) is 2.47. The van der Waals surface area contributed by atoms with E-state index >= 15 is 0 Å². The monoisotopic (exact) mass is 231 g/mol. The Bertz CT molecular complexity index is 460. The molecular weight excluding hydrogens is 218 g/mol. The van der Waals surface area contributed by atoms with Crippen molar-refractivity contribution >= 4 is 12.0 Å². The Morgan fingerprint density at radius 3 is 2.88 bits per heavy atom. The fourth-order valence-corrected chi connectivity index (χ4v) is 1.24. The zero-order valence-corrected chi connectivity index (χ0v) is 9.46. The maximum atomic E-state index is 10.4. The molecule has 1 rings (SSSR count). The second-order valence-corrected chi connectivity index (χ2v) is 3.35. The van der Waals surface area contributed by atoms with E-state index in [1.54, 1.807) is 24.3 Å². The highest BCUT2D eigenvalue weighted by Crippen LogP contribution is 2.21. The molecule has 88 valence electrons. The van der Waals surface area contributed by atoms with Crippen LogP contribution in [0.15, 0.2) is 30.3 Å². The number of carboxylic acid groups (broad SMARTS) is 1. The molecule has 0 aliphatic heterocycles. The highest BCUT2D eigenvalue weighted by molar-refractivity contribution is 5.85. The lowest BCUT2D eigenvalue weighted by molar-refractivity contribution is -0.131. The summed E-state index contributed by atoms with van der Waals surface area (Å²) in [4.78, 5) is 10.4. The van der Waals surface area contributed by atoms with Crippen molar-refractivity contribution in [3.05, 3.63) is 35.9 Å². The quantitative estimate of drug-likeness (QED) is 0.790. The fourth-order valence-electron chi connectivity index (χ4n) is 1.24. The Morgan fingerprint density at radius 2 is 2.29 bits per heavy atom. The third kappa shape index (κ3) is 3.99. The lowest BCUT2D eigenvalue weighted by Crippen LogP contribution is -2.12. The number of rotatable bonds is 5. The molecule has 0 saturated heterocycles. The van der Waals surface area contributed by atoms with Crippen molar-refractivity contribution in [2.24, 2.45) is 0 Å². The summed E-state index contributed by atoms with van der Waals surface area (Å²) in [5.74, 6) is -0.509. The Kier molecular flexibility index (Phi) is 4.77. The van der Waals surface area contributed by atoms with Gasteiger partial charge < -0.3 is 9.84 Å². The van der Waals surface area contributed by atoms with Crippen molar-refractivity contribution in [2.45, 2.75) is 19.4 Å². The minimum atomic E-state index is -1.02. The molecular formula is C13H13NO3. The van der Waals surface area contributed by atoms with Crippen LogP contribution in [0.5, 0.6) is 5.75 Å². The van der Waals surface area contributed by atoms with Gasteiger partial charge in [0.2, 0.25) is 0 Å². The number of hydrogen-bond acceptors (Lipinski definition) is 3. The van der Waals surface area contributed by atoms with Crippen LogP contribution in [0, 0.1) is 11.3 Å². The first-order chi connectivity index (χ1) is 8.17. The number of nitrogens with zero attached hydrogens (tertiary/aromatic N) is 1. The van der Waals surface area contributed by atoms with E-state index < -0.39 is 12.1 Å². The molecule has 1 aromatic rings. The van der Waals surface area contributed by atoms with Crippen LogP contribution in [0.3, 0.4) is 0 Å². The molecule has 0 radical (unpaired) electrons. The number of aliphatic carboxylic acids is 1. The molecule has 0 fully saturated rings. The van der Waals surface area contributed by atoms with Gasteiger partial charge in [-0.3, -0.25) is 0 Å². The average molecular weight is 231 g/mol. The molecule has 0 aliphatic rings. The molecule has 17 heavy (non-hydrogen) atoms. The number of carbonyl (C=O) groups is 1. The van der Waals surface area contributed by atoms with E-state index in [-0.39, 0.29) is 0 Å². The maximum Gasteiger partial charge on any atom is 0.328 e. The van der Waals surface area contributed by atoms with Crippen molar-refractivity contribution in [3.63, 3.8) is 0 Å². The first kappa shape index (κ1) is 12.8. The zero-order chi connectivity index (χ0) is 12.7. The lowest BCUT2D eigenvalue weighted by atomic mass is 10.2. The molecule has 0 spiro atoms. The number of ether oxygens (including phenoxy) is 1. The molecule has 1 atom stereocenters. The number of nitriles is 1. The third-order valence-electron chi connectivity index (χ3n) is 2.11. The van der Waals surface area contributed by atoms with Gasteiger partial charge in [0.25, 0.3) is 0 Å². The van der Waals surface area contributed by atoms with Crippen LogP contribution in [0.1, 0.15) is 18.9 Å². The Hall–Kier alpha value is -2.28. The molecule has 1 N–H and O–H groups in total. The van der Waals surface area contributed by atoms with Crippen LogP contribution in [0.2, 0.25) is 0 Å². The molecule has 1 aromatic carbocycles. The molecule has 4 nitrogen and oxygen atoms in total. The van der Waals surface area contributed by atoms with Gasteiger partial charge in [-0.2, -0.15) is 5.26 Å². The summed E-state index contributed by atoms with van der Waals surface area (Å²) < 4.78 is 5.47. The van der Waals surface area contributed by atoms with Crippen LogP contribution in [-0.4, -0.2) is 17.2 Å². The Morgan fingerprint density at radius 1 is 1.59 bits per heavy atom. The second kappa shape index (κ2) is 6.33. The van der Waals surface area contributed by atoms with Gasteiger partial charge in [-0.1, -0.05) is 25.1 Å². The van der Waals surface area contributed by atoms with E-state index in [1.807, 2.05) is 13.0 Å². The van der Waals surface area contributed by atoms with E-state index in [2.05, 4.69) is 0 Å². The Balaban J connectivity index is 2.92. The molecule has 0 aromatic heterocycles. The lowest BCUT2D eigenvalue weighted by Gasteiger charge is -2.12. The van der Waals surface area contributed by atoms with Gasteiger partial charge >= 0.3 is 5.97 Å². The van der Waals surface area contributed by atoms with Crippen molar-refractivity contribution in [1.82, 2.24) is 0 Å². The minimum absolute atomic E-state index is 0.512. The van der Waals surface area contributed by atoms with Crippen LogP contribution in [0.25, 0.3) is 6.08 Å². The van der Waals surface area contributed by atoms with E-state index in [9.17, 15) is 4.79 Å². The summed E-state index contributed by atoms with van der Waals surface area (Å²) >= 11 is 0. The molecule has 0 heterocycles. The summed E-state index contributed by atoms with van der Waals surface area (Å²) in [7, 11) is 0. The van der Waals surface area contributed by atoms with Crippen molar-refractivity contribution in [3.8, 4) is 11.8 Å². The minimum Gasteiger partial charge on any atom is -0.478 e. The molecule has 1 unspecified atom stereocenters. The maximum absolute atomic E-state index is 10.4. The summed E-state index contributed by atoms with van der Waals surface area (Å²) in [6.45, 7) is 1.85. The second-order valence-electron chi connectivity index (χ2n) is 3.35. The predicted molar refractivity (Wildman–Crippen MR) is 63.4 cm³/mol. The largest absolute Gasteiger partial charge is 0.478 e. The first-order valence-electron chi connectivity index (χ1n) is 5.23. The number of carboxylic acids is 1. The molecule has 4 heteroatoms. The van der Waals surface area contributed by atoms with Crippen molar-refractivity contribution in [1.29, 1.82) is 5.26 Å². The van der Waals surface area contributed by atoms with E-state index in [4.69, 9.17) is 15.1 Å². The van der Waals surface area contributed by atoms with Gasteiger partial charge in [0, 0.05) is 11.6 Å². The van der Waals surface area contributed by atoms with Gasteiger partial charge in [-0.25, -0.2) is 4.79 Å². The molecule has 0 bridgehead atoms. The van der Waals surface area contributed by atoms with Crippen molar-refractivity contribution in [2.75, 3.05) is 0 Å². The fraction of sp³-hybridized carbons (Fsp3) is 0.231. The first-order valence-corrected chi connectivity index (χ1v) is 5.23. The summed E-state index contributed by atoms with van der Waals surface area (Å²) in [6, 6.07) is 9.03. The van der Waals surface area contributed by atoms with Crippen LogP contribution < -0.4 is 4.74 Å². The number of benzene rings is 1. The highest BCUT2D eigenvalue weighted by Gasteiger charge is 2.08. The molecule has 0 aliphatic carbocycles. The zero-order valence-electron chi connectivity index (χ0n) is 9.46. The van der Waals surface area contributed by atoms with Gasteiger partial charge in [0.05, 0.1) is 0 Å². The smallest absolute Gasteiger partial charge is 0.328 e. The SMILES string of the molecule is CCC(C#N)Oc1ccccc1C=CC(=O)O. The van der Waals surface area contributed by atoms with Gasteiger partial charge in [0.1, 0.15) is 11.8 Å². The van der Waals surface area contributed by atoms with Gasteiger partial charge in [-0.15, -0.1) is 0 Å². The van der Waals surface area contributed by atoms with E-state index in [0.717, 1.165) is 6.08 Å². The molecule has 0 amide bonds. The van der Waals surface area contributed by atoms with Gasteiger partial charge in [0.15, 0.2) is 6.10 Å². The topological polar surface area (TPSA) is 70.3 Å². The normalized spacial score (nSPS) is 12.0. The average Bonchev–Trinajstić information content (AvgIpc) is 2.34. The van der Waals surface area contributed by atoms with E-state index in [1.165, 1.54) is 6.08 Å². The third-order valence-corrected chi connectivity index (χ3v) is 2.11. The summed E-state index contributed by atoms with van der Waals surface area (Å²) in [5, 5.41) is 17.4. The van der Waals surface area contributed by atoms with Gasteiger partial charge in [-0.05, 0) is 18.6 Å². The Labute approximate surface area is 99.8 Å². The summed E-state index contributed by atoms with van der Waals surface area (Å²) in [6.07, 6.45) is 2.54. The van der Waals surface area contributed by atoms with Crippen LogP contribution in [-0.2, 0) is 4.79 Å². The standard InChI is InChI=1S/C13H13NO3/c1-2-11(9-14)17-12-6-4-3-5-10(12)7-8-13(15)16/h3-8,11H,2H2,1H3,(H,15,16). The summed E-state index contributed by atoms with van der Waals surface area (Å²) in [5.41, 5.74) is 0.642. The molecule has 0 saturated carbocycles. The van der Waals surface area contributed by atoms with Crippen LogP contribution >= 0.6 is 0 Å². The van der Waals surface area contributed by atoms with Crippen LogP contribution in [0.4, 0.5) is 0 Å². The van der Waals surface area contributed by atoms with E-state index in [0.29, 0.717) is 17.7 Å². The number of para-hydroxylation sites is 1. The van der Waals surface area contributed by atoms with Crippen molar-refractivity contribution < 1.29 is 14.6 Å².